The molecule has 0 bridgehead atoms. The summed E-state index contributed by atoms with van der Waals surface area (Å²) in [6.45, 7) is -0.00444. The van der Waals surface area contributed by atoms with Crippen LogP contribution in [0.2, 0.25) is 0 Å². The highest BCUT2D eigenvalue weighted by Gasteiger charge is 2.54. The topological polar surface area (TPSA) is 83.8 Å². The van der Waals surface area contributed by atoms with E-state index < -0.39 is 11.6 Å². The van der Waals surface area contributed by atoms with Gasteiger partial charge in [0.05, 0.1) is 12.2 Å². The van der Waals surface area contributed by atoms with E-state index in [0.717, 1.165) is 23.3 Å². The van der Waals surface area contributed by atoms with Crippen LogP contribution in [0.5, 0.6) is 0 Å². The second-order valence-corrected chi connectivity index (χ2v) is 8.35. The van der Waals surface area contributed by atoms with E-state index in [2.05, 4.69) is 10.3 Å². The molecule has 5 rings (SSSR count). The molecule has 4 heterocycles. The largest absolute Gasteiger partial charge is 0.325 e. The molecule has 3 aromatic rings. The molecule has 9 heteroatoms. The fourth-order valence-electron chi connectivity index (χ4n) is 3.82. The Morgan fingerprint density at radius 3 is 3.00 bits per heavy atom. The van der Waals surface area contributed by atoms with E-state index in [4.69, 9.17) is 0 Å². The minimum absolute atomic E-state index is 0.00444. The Labute approximate surface area is 155 Å². The molecule has 1 aliphatic carbocycles. The molecule has 1 spiro atoms. The molecule has 1 saturated heterocycles. The van der Waals surface area contributed by atoms with E-state index in [1.165, 1.54) is 26.7 Å². The normalized spacial score (nSPS) is 22.2. The standard InChI is InChI=1S/C17H14N4O3S2/c22-13-8-10(18-16-20(13)5-7-26-16)9-21-14(23)17(19-15(21)24)4-1-2-12-11(17)3-6-25-12/h3,5-8H,1-2,4,9H2,(H,19,24). The molecule has 2 aliphatic rings. The van der Waals surface area contributed by atoms with Gasteiger partial charge in [-0.1, -0.05) is 0 Å². The number of aromatic nitrogens is 2. The van der Waals surface area contributed by atoms with Gasteiger partial charge in [-0.2, -0.15) is 0 Å². The molecule has 0 saturated carbocycles. The summed E-state index contributed by atoms with van der Waals surface area (Å²) in [7, 11) is 0. The van der Waals surface area contributed by atoms with Gasteiger partial charge in [0, 0.05) is 28.1 Å². The van der Waals surface area contributed by atoms with Crippen molar-refractivity contribution >= 4 is 39.6 Å². The summed E-state index contributed by atoms with van der Waals surface area (Å²) in [4.78, 5) is 45.2. The monoisotopic (exact) mass is 386 g/mol. The number of nitrogens with one attached hydrogen (secondary N) is 1. The Hall–Kier alpha value is -2.52. The van der Waals surface area contributed by atoms with Crippen molar-refractivity contribution in [2.45, 2.75) is 31.3 Å². The van der Waals surface area contributed by atoms with Crippen LogP contribution in [0.25, 0.3) is 4.96 Å². The summed E-state index contributed by atoms with van der Waals surface area (Å²) in [6.07, 6.45) is 4.04. The SMILES string of the molecule is O=C1NC2(CCCc3sccc32)C(=O)N1Cc1cc(=O)n2ccsc2n1. The van der Waals surface area contributed by atoms with Crippen LogP contribution in [0.4, 0.5) is 4.79 Å². The molecular weight excluding hydrogens is 372 g/mol. The van der Waals surface area contributed by atoms with Crippen molar-refractivity contribution in [2.75, 3.05) is 0 Å². The van der Waals surface area contributed by atoms with Crippen molar-refractivity contribution in [3.05, 3.63) is 55.6 Å². The number of aryl methyl sites for hydroxylation is 1. The quantitative estimate of drug-likeness (QED) is 0.684. The number of fused-ring (bicyclic) bond motifs is 3. The minimum atomic E-state index is -0.966. The highest BCUT2D eigenvalue weighted by Crippen LogP contribution is 2.42. The zero-order valence-corrected chi connectivity index (χ0v) is 15.2. The Bertz CT molecular complexity index is 1110. The van der Waals surface area contributed by atoms with Crippen LogP contribution in [0.3, 0.4) is 0 Å². The lowest BCUT2D eigenvalue weighted by atomic mass is 9.80. The van der Waals surface area contributed by atoms with Gasteiger partial charge in [-0.3, -0.25) is 18.9 Å². The van der Waals surface area contributed by atoms with Crippen LogP contribution in [-0.2, 0) is 23.3 Å². The second kappa shape index (κ2) is 5.49. The van der Waals surface area contributed by atoms with E-state index in [-0.39, 0.29) is 18.0 Å². The van der Waals surface area contributed by atoms with Crippen molar-refractivity contribution in [1.82, 2.24) is 19.6 Å². The number of hydrogen-bond acceptors (Lipinski definition) is 6. The van der Waals surface area contributed by atoms with Gasteiger partial charge in [-0.15, -0.1) is 22.7 Å². The maximum absolute atomic E-state index is 13.2. The molecule has 3 aromatic heterocycles. The molecular formula is C17H14N4O3S2. The van der Waals surface area contributed by atoms with Gasteiger partial charge in [0.25, 0.3) is 11.5 Å². The highest BCUT2D eigenvalue weighted by atomic mass is 32.1. The molecule has 1 aliphatic heterocycles. The fourth-order valence-corrected chi connectivity index (χ4v) is 5.55. The number of imide groups is 1. The zero-order valence-electron chi connectivity index (χ0n) is 13.6. The third kappa shape index (κ3) is 2.10. The van der Waals surface area contributed by atoms with Crippen molar-refractivity contribution in [3.8, 4) is 0 Å². The van der Waals surface area contributed by atoms with Crippen molar-refractivity contribution in [3.63, 3.8) is 0 Å². The molecule has 0 radical (unpaired) electrons. The van der Waals surface area contributed by atoms with E-state index in [1.807, 2.05) is 11.4 Å². The number of carbonyl (C=O) groups is 2. The first-order valence-corrected chi connectivity index (χ1v) is 10.0. The number of nitrogens with zero attached hydrogens (tertiary/aromatic N) is 3. The molecule has 3 amide bonds. The molecule has 1 atom stereocenters. The van der Waals surface area contributed by atoms with Gasteiger partial charge >= 0.3 is 6.03 Å². The van der Waals surface area contributed by atoms with Gasteiger partial charge in [-0.05, 0) is 30.7 Å². The number of carbonyl (C=O) groups excluding carboxylic acids is 2. The van der Waals surface area contributed by atoms with Gasteiger partial charge in [-0.25, -0.2) is 9.78 Å². The average molecular weight is 386 g/mol. The lowest BCUT2D eigenvalue weighted by Gasteiger charge is -2.31. The number of hydrogen-bond donors (Lipinski definition) is 1. The Morgan fingerprint density at radius 1 is 1.23 bits per heavy atom. The first-order chi connectivity index (χ1) is 12.6. The summed E-state index contributed by atoms with van der Waals surface area (Å²) in [5.41, 5.74) is 0.147. The van der Waals surface area contributed by atoms with Crippen LogP contribution < -0.4 is 10.9 Å². The van der Waals surface area contributed by atoms with E-state index in [9.17, 15) is 14.4 Å². The van der Waals surface area contributed by atoms with Crippen molar-refractivity contribution in [1.29, 1.82) is 0 Å². The second-order valence-electron chi connectivity index (χ2n) is 6.48. The van der Waals surface area contributed by atoms with E-state index >= 15 is 0 Å². The summed E-state index contributed by atoms with van der Waals surface area (Å²) in [5.74, 6) is -0.255. The predicted molar refractivity (Wildman–Crippen MR) is 97.4 cm³/mol. The smallest absolute Gasteiger partial charge is 0.319 e. The molecule has 0 aromatic carbocycles. The molecule has 1 fully saturated rings. The lowest BCUT2D eigenvalue weighted by molar-refractivity contribution is -0.132. The number of urea groups is 1. The first kappa shape index (κ1) is 15.7. The van der Waals surface area contributed by atoms with Gasteiger partial charge < -0.3 is 5.32 Å². The van der Waals surface area contributed by atoms with Gasteiger partial charge in [0.2, 0.25) is 0 Å². The summed E-state index contributed by atoms with van der Waals surface area (Å²) in [6, 6.07) is 2.88. The van der Waals surface area contributed by atoms with Crippen LogP contribution in [-0.4, -0.2) is 26.2 Å². The summed E-state index contributed by atoms with van der Waals surface area (Å²) in [5, 5.41) is 6.65. The van der Waals surface area contributed by atoms with E-state index in [1.54, 1.807) is 22.9 Å². The van der Waals surface area contributed by atoms with Gasteiger partial charge in [0.15, 0.2) is 4.96 Å². The van der Waals surface area contributed by atoms with Crippen LogP contribution in [0, 0.1) is 0 Å². The Kier molecular flexibility index (Phi) is 3.32. The molecule has 1 N–H and O–H groups in total. The highest BCUT2D eigenvalue weighted by molar-refractivity contribution is 7.15. The first-order valence-electron chi connectivity index (χ1n) is 8.25. The van der Waals surface area contributed by atoms with Crippen LogP contribution in [0.15, 0.2) is 33.9 Å². The maximum Gasteiger partial charge on any atom is 0.325 e. The summed E-state index contributed by atoms with van der Waals surface area (Å²) < 4.78 is 1.44. The molecule has 1 unspecified atom stereocenters. The lowest BCUT2D eigenvalue weighted by Crippen LogP contribution is -2.46. The molecule has 26 heavy (non-hydrogen) atoms. The fraction of sp³-hybridized carbons (Fsp3) is 0.294. The minimum Gasteiger partial charge on any atom is -0.319 e. The third-order valence-corrected chi connectivity index (χ3v) is 6.75. The Morgan fingerprint density at radius 2 is 2.12 bits per heavy atom. The number of rotatable bonds is 2. The zero-order chi connectivity index (χ0) is 17.9. The van der Waals surface area contributed by atoms with Crippen LogP contribution >= 0.6 is 22.7 Å². The molecule has 132 valence electrons. The number of amides is 3. The number of thiophene rings is 1. The van der Waals surface area contributed by atoms with Crippen molar-refractivity contribution < 1.29 is 9.59 Å². The predicted octanol–water partition coefficient (Wildman–Crippen LogP) is 2.10. The third-order valence-electron chi connectivity index (χ3n) is 5.01. The van der Waals surface area contributed by atoms with Crippen molar-refractivity contribution in [2.24, 2.45) is 0 Å². The average Bonchev–Trinajstić information content (AvgIpc) is 3.32. The Balaban J connectivity index is 1.52. The molecule has 7 nitrogen and oxygen atoms in total. The van der Waals surface area contributed by atoms with E-state index in [0.29, 0.717) is 17.1 Å². The summed E-state index contributed by atoms with van der Waals surface area (Å²) >= 11 is 2.96. The van der Waals surface area contributed by atoms with Crippen LogP contribution in [0.1, 0.15) is 29.0 Å². The van der Waals surface area contributed by atoms with Gasteiger partial charge in [0.1, 0.15) is 5.54 Å². The number of thiazole rings is 1. The maximum atomic E-state index is 13.2.